The molecule has 0 aliphatic carbocycles. The molecule has 1 aliphatic rings. The van der Waals surface area contributed by atoms with E-state index in [0.29, 0.717) is 13.0 Å². The maximum absolute atomic E-state index is 11.4. The lowest BCUT2D eigenvalue weighted by Crippen LogP contribution is -2.36. The molecule has 0 radical (unpaired) electrons. The van der Waals surface area contributed by atoms with E-state index < -0.39 is 9.84 Å². The van der Waals surface area contributed by atoms with Gasteiger partial charge in [0.05, 0.1) is 18.5 Å². The highest BCUT2D eigenvalue weighted by atomic mass is 32.2. The summed E-state index contributed by atoms with van der Waals surface area (Å²) in [6, 6.07) is 0. The van der Waals surface area contributed by atoms with E-state index in [1.807, 2.05) is 6.92 Å². The van der Waals surface area contributed by atoms with Crippen molar-refractivity contribution in [1.82, 2.24) is 5.32 Å². The van der Waals surface area contributed by atoms with Crippen molar-refractivity contribution in [2.75, 3.05) is 31.2 Å². The van der Waals surface area contributed by atoms with Crippen LogP contribution >= 0.6 is 0 Å². The molecule has 1 unspecified atom stereocenters. The van der Waals surface area contributed by atoms with Gasteiger partial charge in [0.15, 0.2) is 9.84 Å². The summed E-state index contributed by atoms with van der Waals surface area (Å²) in [5.41, 5.74) is 0. The summed E-state index contributed by atoms with van der Waals surface area (Å²) in [6.07, 6.45) is 3.05. The number of sulfone groups is 1. The highest BCUT2D eigenvalue weighted by molar-refractivity contribution is 7.91. The normalized spacial score (nSPS) is 22.9. The van der Waals surface area contributed by atoms with E-state index >= 15 is 0 Å². The molecule has 90 valence electrons. The molecule has 1 N–H and O–H groups in total. The molecule has 1 saturated heterocycles. The molecule has 0 aromatic rings. The van der Waals surface area contributed by atoms with Gasteiger partial charge in [-0.1, -0.05) is 6.92 Å². The third kappa shape index (κ3) is 5.49. The van der Waals surface area contributed by atoms with Gasteiger partial charge in [0.1, 0.15) is 0 Å². The third-order valence-electron chi connectivity index (χ3n) is 2.51. The molecule has 1 rings (SSSR count). The van der Waals surface area contributed by atoms with Gasteiger partial charge in [-0.3, -0.25) is 0 Å². The van der Waals surface area contributed by atoms with Gasteiger partial charge in [-0.2, -0.15) is 0 Å². The van der Waals surface area contributed by atoms with E-state index in [4.69, 9.17) is 4.74 Å². The lowest BCUT2D eigenvalue weighted by molar-refractivity contribution is 0.0469. The molecule has 1 heterocycles. The second-order valence-electron chi connectivity index (χ2n) is 3.99. The fourth-order valence-corrected chi connectivity index (χ4v) is 2.89. The van der Waals surface area contributed by atoms with Gasteiger partial charge in [0.2, 0.25) is 0 Å². The Bertz CT molecular complexity index is 258. The summed E-state index contributed by atoms with van der Waals surface area (Å²) in [6.45, 7) is 4.12. The van der Waals surface area contributed by atoms with Crippen molar-refractivity contribution in [2.45, 2.75) is 32.3 Å². The molecule has 1 aliphatic heterocycles. The zero-order valence-corrected chi connectivity index (χ0v) is 10.2. The number of ether oxygens (including phenoxy) is 1. The average molecular weight is 235 g/mol. The Labute approximate surface area is 92.3 Å². The van der Waals surface area contributed by atoms with Gasteiger partial charge in [-0.05, 0) is 25.8 Å². The quantitative estimate of drug-likeness (QED) is 0.731. The lowest BCUT2D eigenvalue weighted by Gasteiger charge is -2.22. The van der Waals surface area contributed by atoms with Crippen LogP contribution < -0.4 is 5.32 Å². The predicted octanol–water partition coefficient (Wildman–Crippen LogP) is 0.580. The molecule has 0 saturated carbocycles. The first-order chi connectivity index (χ1) is 7.14. The summed E-state index contributed by atoms with van der Waals surface area (Å²) in [7, 11) is -2.88. The van der Waals surface area contributed by atoms with Crippen molar-refractivity contribution in [3.05, 3.63) is 0 Å². The molecule has 4 nitrogen and oxygen atoms in total. The standard InChI is InChI=1S/C10H21NO3S/c1-2-7-15(12,13)8-6-14-10-4-3-5-11-9-10/h10-11H,2-9H2,1H3. The monoisotopic (exact) mass is 235 g/mol. The molecule has 1 fully saturated rings. The fraction of sp³-hybridized carbons (Fsp3) is 1.00. The molecule has 15 heavy (non-hydrogen) atoms. The number of piperidine rings is 1. The Morgan fingerprint density at radius 2 is 2.20 bits per heavy atom. The van der Waals surface area contributed by atoms with Crippen LogP contribution in [-0.4, -0.2) is 45.7 Å². The predicted molar refractivity (Wildman–Crippen MR) is 60.8 cm³/mol. The first kappa shape index (κ1) is 12.9. The molecule has 0 aromatic carbocycles. The highest BCUT2D eigenvalue weighted by Crippen LogP contribution is 2.06. The lowest BCUT2D eigenvalue weighted by atomic mass is 10.1. The minimum atomic E-state index is -2.88. The van der Waals surface area contributed by atoms with Crippen LogP contribution in [-0.2, 0) is 14.6 Å². The zero-order chi connectivity index (χ0) is 11.1. The molecular formula is C10H21NO3S. The maximum atomic E-state index is 11.4. The van der Waals surface area contributed by atoms with E-state index in [0.717, 1.165) is 25.9 Å². The summed E-state index contributed by atoms with van der Waals surface area (Å²) >= 11 is 0. The van der Waals surface area contributed by atoms with Crippen molar-refractivity contribution in [3.63, 3.8) is 0 Å². The Kier molecular flexibility index (Phi) is 5.56. The molecular weight excluding hydrogens is 214 g/mol. The first-order valence-corrected chi connectivity index (χ1v) is 7.49. The van der Waals surface area contributed by atoms with E-state index in [-0.39, 0.29) is 17.6 Å². The Morgan fingerprint density at radius 1 is 1.40 bits per heavy atom. The van der Waals surface area contributed by atoms with Crippen LogP contribution in [0.25, 0.3) is 0 Å². The van der Waals surface area contributed by atoms with Gasteiger partial charge in [-0.15, -0.1) is 0 Å². The van der Waals surface area contributed by atoms with E-state index in [1.54, 1.807) is 0 Å². The van der Waals surface area contributed by atoms with Crippen molar-refractivity contribution < 1.29 is 13.2 Å². The molecule has 1 atom stereocenters. The van der Waals surface area contributed by atoms with Crippen LogP contribution in [0.5, 0.6) is 0 Å². The van der Waals surface area contributed by atoms with Crippen LogP contribution in [0, 0.1) is 0 Å². The van der Waals surface area contributed by atoms with Gasteiger partial charge in [0.25, 0.3) is 0 Å². The Morgan fingerprint density at radius 3 is 2.80 bits per heavy atom. The third-order valence-corrected chi connectivity index (χ3v) is 4.33. The highest BCUT2D eigenvalue weighted by Gasteiger charge is 2.15. The zero-order valence-electron chi connectivity index (χ0n) is 9.37. The number of nitrogens with one attached hydrogen (secondary N) is 1. The summed E-state index contributed by atoms with van der Waals surface area (Å²) < 4.78 is 28.3. The van der Waals surface area contributed by atoms with Crippen LogP contribution in [0.15, 0.2) is 0 Å². The number of hydrogen-bond acceptors (Lipinski definition) is 4. The van der Waals surface area contributed by atoms with Gasteiger partial charge < -0.3 is 10.1 Å². The van der Waals surface area contributed by atoms with Crippen molar-refractivity contribution >= 4 is 9.84 Å². The fourth-order valence-electron chi connectivity index (χ4n) is 1.72. The minimum Gasteiger partial charge on any atom is -0.376 e. The topological polar surface area (TPSA) is 55.4 Å². The number of hydrogen-bond donors (Lipinski definition) is 1. The van der Waals surface area contributed by atoms with Gasteiger partial charge in [-0.25, -0.2) is 8.42 Å². The van der Waals surface area contributed by atoms with Crippen molar-refractivity contribution in [1.29, 1.82) is 0 Å². The van der Waals surface area contributed by atoms with Crippen molar-refractivity contribution in [2.24, 2.45) is 0 Å². The molecule has 0 bridgehead atoms. The molecule has 0 spiro atoms. The van der Waals surface area contributed by atoms with E-state index in [1.165, 1.54) is 0 Å². The van der Waals surface area contributed by atoms with Crippen LogP contribution in [0.4, 0.5) is 0 Å². The molecule has 5 heteroatoms. The molecule has 0 amide bonds. The van der Waals surface area contributed by atoms with Gasteiger partial charge >= 0.3 is 0 Å². The SMILES string of the molecule is CCCS(=O)(=O)CCOC1CCCNC1. The van der Waals surface area contributed by atoms with Crippen LogP contribution in [0.1, 0.15) is 26.2 Å². The Balaban J connectivity index is 2.14. The summed E-state index contributed by atoms with van der Waals surface area (Å²) in [4.78, 5) is 0. The van der Waals surface area contributed by atoms with E-state index in [2.05, 4.69) is 5.32 Å². The first-order valence-electron chi connectivity index (χ1n) is 5.67. The Hall–Kier alpha value is -0.130. The van der Waals surface area contributed by atoms with Crippen LogP contribution in [0.3, 0.4) is 0 Å². The average Bonchev–Trinajstić information content (AvgIpc) is 2.19. The smallest absolute Gasteiger partial charge is 0.152 e. The summed E-state index contributed by atoms with van der Waals surface area (Å²) in [5, 5.41) is 3.23. The largest absolute Gasteiger partial charge is 0.376 e. The van der Waals surface area contributed by atoms with Crippen LogP contribution in [0.2, 0.25) is 0 Å². The second kappa shape index (κ2) is 6.45. The maximum Gasteiger partial charge on any atom is 0.152 e. The van der Waals surface area contributed by atoms with Gasteiger partial charge in [0, 0.05) is 12.3 Å². The van der Waals surface area contributed by atoms with Crippen molar-refractivity contribution in [3.8, 4) is 0 Å². The van der Waals surface area contributed by atoms with E-state index in [9.17, 15) is 8.42 Å². The summed E-state index contributed by atoms with van der Waals surface area (Å²) in [5.74, 6) is 0.441. The number of rotatable bonds is 6. The second-order valence-corrected chi connectivity index (χ2v) is 6.29. The molecule has 0 aromatic heterocycles. The minimum absolute atomic E-state index is 0.164.